The lowest BCUT2D eigenvalue weighted by Gasteiger charge is -2.28. The fourth-order valence-electron chi connectivity index (χ4n) is 6.08. The maximum atomic E-state index is 14.2. The molecule has 6 atom stereocenters. The Bertz CT molecular complexity index is 1430. The maximum absolute atomic E-state index is 14.2. The molecule has 1 aliphatic rings. The monoisotopic (exact) mass is 690 g/mol. The highest BCUT2D eigenvalue weighted by Crippen LogP contribution is 2.30. The molecule has 0 radical (unpaired) electrons. The van der Waals surface area contributed by atoms with Crippen LogP contribution in [0.2, 0.25) is 0 Å². The highest BCUT2D eigenvalue weighted by Gasteiger charge is 2.50. The Morgan fingerprint density at radius 1 is 0.840 bits per heavy atom. The number of nitrogens with one attached hydrogen (secondary N) is 2. The smallest absolute Gasteiger partial charge is 0.307 e. The Kier molecular flexibility index (Phi) is 14.9. The zero-order valence-corrected chi connectivity index (χ0v) is 31.3. The van der Waals surface area contributed by atoms with E-state index < -0.39 is 47.0 Å². The van der Waals surface area contributed by atoms with Gasteiger partial charge in [-0.05, 0) is 76.3 Å². The van der Waals surface area contributed by atoms with E-state index in [0.29, 0.717) is 32.3 Å². The third-order valence-electron chi connectivity index (χ3n) is 9.27. The number of benzene rings is 2. The number of amides is 2. The van der Waals surface area contributed by atoms with Crippen molar-refractivity contribution in [3.63, 3.8) is 0 Å². The summed E-state index contributed by atoms with van der Waals surface area (Å²) in [6, 6.07) is 17.6. The Balaban J connectivity index is 1.84. The number of carbonyl (C=O) groups excluding carboxylic acids is 5. The zero-order chi connectivity index (χ0) is 37.1. The SMILES string of the molecule is CCC(C)[C@H](NC(=O)[C@H](CCc1ccccc1)CC(=O)OC(C)(C)C)C(=O)C[C@@H](Cc1ccccc1)C(=O)N[C@@H](CC(C)C)C(=O)[C@@]1(C)CO1. The first-order valence-corrected chi connectivity index (χ1v) is 18.1. The largest absolute Gasteiger partial charge is 0.460 e. The van der Waals surface area contributed by atoms with Crippen molar-refractivity contribution in [1.82, 2.24) is 10.6 Å². The van der Waals surface area contributed by atoms with E-state index in [1.54, 1.807) is 27.7 Å². The summed E-state index contributed by atoms with van der Waals surface area (Å²) in [6.45, 7) is 15.2. The van der Waals surface area contributed by atoms with Crippen LogP contribution in [-0.2, 0) is 46.3 Å². The molecule has 1 fully saturated rings. The quantitative estimate of drug-likeness (QED) is 0.125. The second-order valence-electron chi connectivity index (χ2n) is 15.5. The molecule has 3 rings (SSSR count). The molecule has 0 aliphatic carbocycles. The van der Waals surface area contributed by atoms with Gasteiger partial charge in [0.25, 0.3) is 0 Å². The van der Waals surface area contributed by atoms with Crippen LogP contribution in [-0.4, -0.2) is 59.2 Å². The van der Waals surface area contributed by atoms with E-state index >= 15 is 0 Å². The number of ketones is 2. The molecule has 0 aromatic heterocycles. The molecular weight excluding hydrogens is 632 g/mol. The summed E-state index contributed by atoms with van der Waals surface area (Å²) in [5.74, 6) is -3.28. The van der Waals surface area contributed by atoms with Crippen LogP contribution in [0.4, 0.5) is 0 Å². The van der Waals surface area contributed by atoms with Gasteiger partial charge in [0.15, 0.2) is 11.6 Å². The number of Topliss-reactive ketones (excluding diaryl/α,β-unsaturated/α-hetero) is 2. The number of hydrogen-bond donors (Lipinski definition) is 2. The molecule has 2 N–H and O–H groups in total. The minimum atomic E-state index is -0.903. The van der Waals surface area contributed by atoms with Crippen LogP contribution in [0.3, 0.4) is 0 Å². The fourth-order valence-corrected chi connectivity index (χ4v) is 6.08. The summed E-state index contributed by atoms with van der Waals surface area (Å²) < 4.78 is 11.0. The Morgan fingerprint density at radius 3 is 1.92 bits per heavy atom. The third kappa shape index (κ3) is 13.1. The van der Waals surface area contributed by atoms with E-state index in [1.807, 2.05) is 88.4 Å². The van der Waals surface area contributed by atoms with Crippen LogP contribution in [0.15, 0.2) is 60.7 Å². The van der Waals surface area contributed by atoms with Gasteiger partial charge in [-0.3, -0.25) is 24.0 Å². The van der Waals surface area contributed by atoms with Crippen molar-refractivity contribution in [2.24, 2.45) is 23.7 Å². The molecule has 0 bridgehead atoms. The van der Waals surface area contributed by atoms with Crippen LogP contribution >= 0.6 is 0 Å². The van der Waals surface area contributed by atoms with Gasteiger partial charge in [0, 0.05) is 18.3 Å². The van der Waals surface area contributed by atoms with Crippen molar-refractivity contribution in [2.75, 3.05) is 6.61 Å². The molecule has 0 saturated carbocycles. The van der Waals surface area contributed by atoms with Gasteiger partial charge in [-0.15, -0.1) is 0 Å². The van der Waals surface area contributed by atoms with Crippen molar-refractivity contribution in [1.29, 1.82) is 0 Å². The third-order valence-corrected chi connectivity index (χ3v) is 9.27. The van der Waals surface area contributed by atoms with Crippen LogP contribution in [0.1, 0.15) is 98.6 Å². The molecule has 9 nitrogen and oxygen atoms in total. The van der Waals surface area contributed by atoms with E-state index in [0.717, 1.165) is 11.1 Å². The van der Waals surface area contributed by atoms with E-state index in [-0.39, 0.29) is 48.6 Å². The summed E-state index contributed by atoms with van der Waals surface area (Å²) in [5, 5.41) is 5.97. The van der Waals surface area contributed by atoms with Gasteiger partial charge in [-0.2, -0.15) is 0 Å². The van der Waals surface area contributed by atoms with Crippen molar-refractivity contribution >= 4 is 29.4 Å². The van der Waals surface area contributed by atoms with Gasteiger partial charge >= 0.3 is 5.97 Å². The summed E-state index contributed by atoms with van der Waals surface area (Å²) >= 11 is 0. The lowest BCUT2D eigenvalue weighted by atomic mass is 9.85. The van der Waals surface area contributed by atoms with E-state index in [4.69, 9.17) is 9.47 Å². The second-order valence-corrected chi connectivity index (χ2v) is 15.5. The molecular formula is C41H58N2O7. The molecule has 1 heterocycles. The summed E-state index contributed by atoms with van der Waals surface area (Å²) in [4.78, 5) is 68.3. The van der Waals surface area contributed by atoms with Crippen LogP contribution < -0.4 is 10.6 Å². The van der Waals surface area contributed by atoms with Crippen LogP contribution in [0, 0.1) is 23.7 Å². The fraction of sp³-hybridized carbons (Fsp3) is 0.585. The summed E-state index contributed by atoms with van der Waals surface area (Å²) in [7, 11) is 0. The molecule has 2 aromatic rings. The topological polar surface area (TPSA) is 131 Å². The number of hydrogen-bond acceptors (Lipinski definition) is 7. The lowest BCUT2D eigenvalue weighted by molar-refractivity contribution is -0.157. The van der Waals surface area contributed by atoms with Crippen molar-refractivity contribution in [3.8, 4) is 0 Å². The molecule has 50 heavy (non-hydrogen) atoms. The lowest BCUT2D eigenvalue weighted by Crippen LogP contribution is -2.51. The van der Waals surface area contributed by atoms with Crippen LogP contribution in [0.5, 0.6) is 0 Å². The molecule has 274 valence electrons. The van der Waals surface area contributed by atoms with Gasteiger partial charge < -0.3 is 20.1 Å². The van der Waals surface area contributed by atoms with Crippen molar-refractivity contribution in [3.05, 3.63) is 71.8 Å². The van der Waals surface area contributed by atoms with Crippen molar-refractivity contribution < 1.29 is 33.4 Å². The average Bonchev–Trinajstić information content (AvgIpc) is 3.81. The van der Waals surface area contributed by atoms with Gasteiger partial charge in [-0.1, -0.05) is 94.8 Å². The normalized spacial score (nSPS) is 18.7. The predicted octanol–water partition coefficient (Wildman–Crippen LogP) is 6.21. The first-order valence-electron chi connectivity index (χ1n) is 18.1. The number of esters is 1. The molecule has 1 unspecified atom stereocenters. The Hall–Kier alpha value is -3.85. The summed E-state index contributed by atoms with van der Waals surface area (Å²) in [6.07, 6.45) is 2.05. The number of ether oxygens (including phenoxy) is 2. The first kappa shape index (κ1) is 40.6. The highest BCUT2D eigenvalue weighted by molar-refractivity contribution is 5.98. The van der Waals surface area contributed by atoms with Gasteiger partial charge in [-0.25, -0.2) is 0 Å². The van der Waals surface area contributed by atoms with Gasteiger partial charge in [0.1, 0.15) is 11.2 Å². The first-order chi connectivity index (χ1) is 23.5. The predicted molar refractivity (Wildman–Crippen MR) is 194 cm³/mol. The molecule has 9 heteroatoms. The number of epoxide rings is 1. The van der Waals surface area contributed by atoms with Gasteiger partial charge in [0.2, 0.25) is 11.8 Å². The van der Waals surface area contributed by atoms with E-state index in [2.05, 4.69) is 10.6 Å². The number of aryl methyl sites for hydroxylation is 1. The maximum Gasteiger partial charge on any atom is 0.307 e. The minimum absolute atomic E-state index is 0.121. The number of carbonyl (C=O) groups is 5. The molecule has 1 aliphatic heterocycles. The second kappa shape index (κ2) is 18.4. The highest BCUT2D eigenvalue weighted by atomic mass is 16.6. The van der Waals surface area contributed by atoms with Crippen LogP contribution in [0.25, 0.3) is 0 Å². The minimum Gasteiger partial charge on any atom is -0.460 e. The Morgan fingerprint density at radius 2 is 1.40 bits per heavy atom. The molecule has 2 amide bonds. The molecule has 1 saturated heterocycles. The standard InChI is InChI=1S/C41H58N2O7/c1-9-28(4)36(43-38(47)31(25-35(45)50-40(5,6)7)21-20-29-16-12-10-13-17-29)34(44)24-32(23-30-18-14-11-15-19-30)39(48)42-33(22-27(2)3)37(46)41(8)26-49-41/h10-19,27-28,31-33,36H,9,20-26H2,1-8H3,(H,42,48)(H,43,47)/t28?,31-,32-,33+,36+,41-/m1/s1. The van der Waals surface area contributed by atoms with Crippen molar-refractivity contribution in [2.45, 2.75) is 124 Å². The number of rotatable bonds is 20. The van der Waals surface area contributed by atoms with Gasteiger partial charge in [0.05, 0.1) is 25.1 Å². The summed E-state index contributed by atoms with van der Waals surface area (Å²) in [5.41, 5.74) is 0.311. The van der Waals surface area contributed by atoms with E-state index in [9.17, 15) is 24.0 Å². The average molecular weight is 691 g/mol. The zero-order valence-electron chi connectivity index (χ0n) is 31.3. The Labute approximate surface area is 298 Å². The molecule has 2 aromatic carbocycles. The molecule has 0 spiro atoms. The van der Waals surface area contributed by atoms with E-state index in [1.165, 1.54) is 0 Å².